The van der Waals surface area contributed by atoms with E-state index in [2.05, 4.69) is 34.8 Å². The molecule has 1 aliphatic heterocycles. The fourth-order valence-corrected chi connectivity index (χ4v) is 15.5. The molecule has 0 radical (unpaired) electrons. The minimum Gasteiger partial charge on any atom is -0.476 e. The number of carbonyl (C=O) groups excluding carboxylic acids is 4. The van der Waals surface area contributed by atoms with Gasteiger partial charge >= 0.3 is 12.1 Å². The van der Waals surface area contributed by atoms with Gasteiger partial charge in [-0.15, -0.1) is 0 Å². The third-order valence-electron chi connectivity index (χ3n) is 17.0. The van der Waals surface area contributed by atoms with Crippen LogP contribution < -0.4 is 26.6 Å². The number of thiazole rings is 1. The first-order chi connectivity index (χ1) is 39.3. The second-order valence-electron chi connectivity index (χ2n) is 24.5. The van der Waals surface area contributed by atoms with Crippen molar-refractivity contribution in [3.63, 3.8) is 0 Å². The normalized spacial score (nSPS) is 22.4. The third kappa shape index (κ3) is 13.1. The highest BCUT2D eigenvalue weighted by atomic mass is 32.2. The third-order valence-corrected chi connectivity index (χ3v) is 18.6. The summed E-state index contributed by atoms with van der Waals surface area (Å²) in [7, 11) is -4.44. The number of anilines is 3. The summed E-state index contributed by atoms with van der Waals surface area (Å²) in [5.41, 5.74) is 11.0. The molecule has 4 amide bonds. The lowest BCUT2D eigenvalue weighted by Crippen LogP contribution is -2.64. The number of hydrogen-bond acceptors (Lipinski definition) is 15. The van der Waals surface area contributed by atoms with Crippen molar-refractivity contribution in [2.75, 3.05) is 47.5 Å². The van der Waals surface area contributed by atoms with Crippen LogP contribution in [-0.2, 0) is 55.3 Å². The lowest BCUT2D eigenvalue weighted by molar-refractivity contribution is -0.248. The molecule has 7 N–H and O–H groups in total. The first-order valence-corrected chi connectivity index (χ1v) is 30.5. The zero-order valence-corrected chi connectivity index (χ0v) is 49.2. The molecule has 4 fully saturated rings. The van der Waals surface area contributed by atoms with Gasteiger partial charge in [0.05, 0.1) is 40.4 Å². The predicted molar refractivity (Wildman–Crippen MR) is 315 cm³/mol. The van der Waals surface area contributed by atoms with Gasteiger partial charge in [-0.2, -0.15) is 13.5 Å². The first-order valence-electron chi connectivity index (χ1n) is 28.1. The number of carbonyl (C=O) groups is 5. The molecule has 0 spiro atoms. The van der Waals surface area contributed by atoms with Gasteiger partial charge in [0.2, 0.25) is 11.8 Å². The lowest BCUT2D eigenvalue weighted by Gasteiger charge is -2.69. The van der Waals surface area contributed by atoms with Crippen molar-refractivity contribution >= 4 is 78.1 Å². The fraction of sp³-hybridized carbons (Fsp3) is 0.467. The van der Waals surface area contributed by atoms with E-state index in [0.29, 0.717) is 71.4 Å². The summed E-state index contributed by atoms with van der Waals surface area (Å²) in [5, 5.41) is 24.5. The number of pyridine rings is 1. The Morgan fingerprint density at radius 3 is 2.29 bits per heavy atom. The summed E-state index contributed by atoms with van der Waals surface area (Å²) in [6.07, 6.45) is 6.75. The average molecular weight is 1170 g/mol. The van der Waals surface area contributed by atoms with E-state index in [0.717, 1.165) is 59.1 Å². The van der Waals surface area contributed by atoms with Gasteiger partial charge in [-0.1, -0.05) is 75.4 Å². The van der Waals surface area contributed by atoms with E-state index in [9.17, 15) is 42.0 Å². The number of carboxylic acids is 1. The molecule has 11 rings (SSSR count). The fourth-order valence-electron chi connectivity index (χ4n) is 14.2. The summed E-state index contributed by atoms with van der Waals surface area (Å²) in [5.74, 6) is -2.65. The summed E-state index contributed by atoms with van der Waals surface area (Å²) < 4.78 is 49.1. The van der Waals surface area contributed by atoms with E-state index in [1.165, 1.54) is 16.2 Å². The van der Waals surface area contributed by atoms with Crippen molar-refractivity contribution in [3.8, 4) is 11.1 Å². The van der Waals surface area contributed by atoms with Gasteiger partial charge in [0.1, 0.15) is 18.5 Å². The second kappa shape index (κ2) is 23.0. The highest BCUT2D eigenvalue weighted by molar-refractivity contribution is 7.85. The number of nitrogens with zero attached hydrogens (tertiary/aromatic N) is 6. The minimum atomic E-state index is -4.44. The number of rotatable bonds is 21. The van der Waals surface area contributed by atoms with E-state index in [1.54, 1.807) is 49.5 Å². The number of nitrogens with two attached hydrogens (primary N) is 1. The Morgan fingerprint density at radius 2 is 1.59 bits per heavy atom. The van der Waals surface area contributed by atoms with Gasteiger partial charge in [0.25, 0.3) is 16.0 Å². The second-order valence-corrected chi connectivity index (χ2v) is 27.1. The smallest absolute Gasteiger partial charge is 0.410 e. The number of carboxylic acid groups (broad SMARTS) is 1. The van der Waals surface area contributed by atoms with Gasteiger partial charge in [-0.3, -0.25) is 28.9 Å². The summed E-state index contributed by atoms with van der Waals surface area (Å²) >= 11 is 1.41. The SMILES string of the molecule is Cc1c(-c2ccc(N3CCc4cccc(C(=O)Nc5nc6ccccc6s5)c4C3)nc2C(=O)O)cnn1CC12CC3(C)CC(C)(C1)CC(OCCN(CCS(=O)(=O)O)C(=O)OCc1ccc(NC(=O)C(C)NC(=O)C(N)C(C)C)cc1)(C3)C2. The number of benzene rings is 3. The Hall–Kier alpha value is -7.31. The van der Waals surface area contributed by atoms with E-state index in [-0.39, 0.29) is 60.1 Å². The van der Waals surface area contributed by atoms with Crippen molar-refractivity contribution < 1.29 is 51.5 Å². The van der Waals surface area contributed by atoms with Crippen LogP contribution >= 0.6 is 11.3 Å². The standard InChI is InChI=1S/C60H72N10O11S2/c1-36(2)49(61)53(73)63-37(3)51(71)64-41-16-14-39(15-17-41)28-80-56(76)68(23-25-83(77,78)79)22-24-81-60-32-57(5)29-58(6,33-60)31-59(30-57,34-60)35-70-38(4)44(26-62-70)42-18-19-48(66-50(42)54(74)75)69-21-20-40-10-9-11-43(45(40)27-69)52(72)67-55-65-46-12-7-8-13-47(46)82-55/h7-19,26,36-37,49H,20-25,27-35,61H2,1-6H3,(H,63,73)(H,64,71)(H,74,75)(H,65,67,72)(H,77,78,79). The topological polar surface area (TPSA) is 291 Å². The number of aromatic carboxylic acids is 1. The van der Waals surface area contributed by atoms with Crippen molar-refractivity contribution in [1.29, 1.82) is 0 Å². The van der Waals surface area contributed by atoms with Gasteiger partial charge in [0, 0.05) is 60.8 Å². The largest absolute Gasteiger partial charge is 0.476 e. The lowest BCUT2D eigenvalue weighted by atomic mass is 9.39. The van der Waals surface area contributed by atoms with Crippen molar-refractivity contribution in [2.24, 2.45) is 27.9 Å². The van der Waals surface area contributed by atoms with Crippen LogP contribution in [0.3, 0.4) is 0 Å². The molecule has 4 saturated carbocycles. The van der Waals surface area contributed by atoms with Crippen LogP contribution in [-0.4, -0.2) is 122 Å². The van der Waals surface area contributed by atoms with Crippen molar-refractivity contribution in [3.05, 3.63) is 119 Å². The number of aromatic nitrogens is 4. The van der Waals surface area contributed by atoms with Gasteiger partial charge < -0.3 is 40.7 Å². The molecular weight excluding hydrogens is 1100 g/mol. The predicted octanol–water partition coefficient (Wildman–Crippen LogP) is 8.47. The molecule has 4 unspecified atom stereocenters. The molecule has 4 bridgehead atoms. The number of amides is 4. The van der Waals surface area contributed by atoms with Crippen LogP contribution in [0.1, 0.15) is 116 Å². The number of hydrogen-bond donors (Lipinski definition) is 6. The minimum absolute atomic E-state index is 0.00625. The van der Waals surface area contributed by atoms with Crippen LogP contribution in [0, 0.1) is 29.1 Å². The Balaban J connectivity index is 0.791. The van der Waals surface area contributed by atoms with Crippen LogP contribution in [0.5, 0.6) is 0 Å². The molecular formula is C60H72N10O11S2. The molecule has 440 valence electrons. The van der Waals surface area contributed by atoms with E-state index in [4.69, 9.17) is 25.3 Å². The van der Waals surface area contributed by atoms with Crippen LogP contribution in [0.15, 0.2) is 85.1 Å². The highest BCUT2D eigenvalue weighted by Crippen LogP contribution is 2.72. The van der Waals surface area contributed by atoms with Crippen LogP contribution in [0.4, 0.5) is 21.4 Å². The highest BCUT2D eigenvalue weighted by Gasteiger charge is 2.66. The Kier molecular flexibility index (Phi) is 16.3. The quantitative estimate of drug-likeness (QED) is 0.0368. The zero-order chi connectivity index (χ0) is 59.2. The molecule has 3 aromatic heterocycles. The average Bonchev–Trinajstić information content (AvgIpc) is 1.53. The Morgan fingerprint density at radius 1 is 0.855 bits per heavy atom. The van der Waals surface area contributed by atoms with Gasteiger partial charge in [-0.05, 0) is 140 Å². The van der Waals surface area contributed by atoms with E-state index in [1.807, 2.05) is 72.8 Å². The van der Waals surface area contributed by atoms with Crippen LogP contribution in [0.25, 0.3) is 21.3 Å². The number of para-hydroxylation sites is 1. The first kappa shape index (κ1) is 58.9. The van der Waals surface area contributed by atoms with Crippen LogP contribution in [0.2, 0.25) is 0 Å². The van der Waals surface area contributed by atoms with Crippen molar-refractivity contribution in [1.82, 2.24) is 30.0 Å². The molecule has 21 nitrogen and oxygen atoms in total. The molecule has 4 heterocycles. The molecule has 6 aromatic rings. The number of ether oxygens (including phenoxy) is 2. The molecule has 4 atom stereocenters. The van der Waals surface area contributed by atoms with E-state index >= 15 is 0 Å². The molecule has 83 heavy (non-hydrogen) atoms. The maximum atomic E-state index is 13.8. The molecule has 23 heteroatoms. The monoisotopic (exact) mass is 1170 g/mol. The number of fused-ring (bicyclic) bond motifs is 2. The zero-order valence-electron chi connectivity index (χ0n) is 47.6. The molecule has 4 aliphatic carbocycles. The number of nitrogens with one attached hydrogen (secondary N) is 3. The van der Waals surface area contributed by atoms with Gasteiger partial charge in [0.15, 0.2) is 10.8 Å². The molecule has 3 aromatic carbocycles. The van der Waals surface area contributed by atoms with E-state index < -0.39 is 57.4 Å². The molecule has 0 saturated heterocycles. The summed E-state index contributed by atoms with van der Waals surface area (Å²) in [6.45, 7) is 12.8. The molecule has 5 aliphatic rings. The Bertz CT molecular complexity index is 3550. The Labute approximate surface area is 486 Å². The summed E-state index contributed by atoms with van der Waals surface area (Å²) in [6, 6.07) is 22.0. The van der Waals surface area contributed by atoms with Crippen molar-refractivity contribution in [2.45, 2.75) is 124 Å². The maximum Gasteiger partial charge on any atom is 0.410 e. The van der Waals surface area contributed by atoms with Gasteiger partial charge in [-0.25, -0.2) is 19.6 Å². The maximum absolute atomic E-state index is 13.8. The summed E-state index contributed by atoms with van der Waals surface area (Å²) in [4.78, 5) is 78.3.